The molecule has 8 atom stereocenters. The van der Waals surface area contributed by atoms with Gasteiger partial charge in [0.2, 0.25) is 5.70 Å². The van der Waals surface area contributed by atoms with Crippen molar-refractivity contribution in [1.29, 1.82) is 0 Å². The van der Waals surface area contributed by atoms with Crippen LogP contribution in [0.5, 0.6) is 11.5 Å². The summed E-state index contributed by atoms with van der Waals surface area (Å²) in [6.07, 6.45) is 20.0. The smallest absolute Gasteiger partial charge is 0.208 e. The fraction of sp³-hybridized carbons (Fsp3) is 0.705. The van der Waals surface area contributed by atoms with E-state index in [0.29, 0.717) is 49.1 Å². The Morgan fingerprint density at radius 2 is 1.80 bits per heavy atom. The maximum atomic E-state index is 11.4. The van der Waals surface area contributed by atoms with Crippen molar-refractivity contribution in [3.05, 3.63) is 59.2 Å². The zero-order chi connectivity index (χ0) is 39.2. The van der Waals surface area contributed by atoms with Gasteiger partial charge in [-0.25, -0.2) is 0 Å². The zero-order valence-electron chi connectivity index (χ0n) is 33.1. The number of aliphatic imine (C=N–C) groups is 1. The van der Waals surface area contributed by atoms with E-state index in [1.165, 1.54) is 18.8 Å². The number of aliphatic hydroxyl groups excluding tert-OH is 5. The van der Waals surface area contributed by atoms with Crippen molar-refractivity contribution in [1.82, 2.24) is 5.32 Å². The molecule has 55 heavy (non-hydrogen) atoms. The molecule has 0 bridgehead atoms. The highest BCUT2D eigenvalue weighted by Crippen LogP contribution is 2.50. The lowest BCUT2D eigenvalue weighted by Gasteiger charge is -2.33. The first-order valence-corrected chi connectivity index (χ1v) is 21.3. The molecule has 0 aromatic heterocycles. The van der Waals surface area contributed by atoms with E-state index in [1.54, 1.807) is 13.0 Å². The molecule has 0 spiro atoms. The summed E-state index contributed by atoms with van der Waals surface area (Å²) in [6, 6.07) is 5.59. The SMILES string of the molecule is C[C@H](O)CN[C@H](CCCO)[C@@H]1[C+]2C=C([C@@H](O)COc3cc(CC[C-]4C=C(CO)C(CCCCCC[C@H](N)CCCO)[OH+]4)ccc3O)N=C2CC[C@H]2CCC[C@@H]21. The number of phenolic OH excluding ortho intramolecular Hbond substituents is 1. The standard InChI is InChI=1S/C44H69N3O8/c1-29(51)26-46-38(13-8-22-49)44-35-12-6-9-31(35)17-19-37-36(44)25-39(47-37)41(53)28-54-43-23-30(16-20-40(43)52)15-18-34-24-32(27-50)42(55-34)14-5-3-2-4-10-33(45)11-7-21-48/h16,20,23-25,29,31,33,35,38,41-42,44,46,48-51,53,55H,2-15,17-19,21-22,26-28,45H2,1H3/p+1/t29-,31+,33-,35-,38+,41-,42?,44-/m0/s1. The summed E-state index contributed by atoms with van der Waals surface area (Å²) in [5.41, 5.74) is 9.68. The van der Waals surface area contributed by atoms with Crippen LogP contribution in [0.3, 0.4) is 0 Å². The summed E-state index contributed by atoms with van der Waals surface area (Å²) in [4.78, 5) is 4.97. The van der Waals surface area contributed by atoms with Gasteiger partial charge in [-0.2, -0.15) is 0 Å². The number of hydrogen-bond acceptors (Lipinski definition) is 10. The third-order valence-corrected chi connectivity index (χ3v) is 12.2. The number of aromatic hydroxyl groups is 1. The molecule has 0 saturated heterocycles. The van der Waals surface area contributed by atoms with Gasteiger partial charge < -0.3 is 51.2 Å². The Bertz CT molecular complexity index is 1400. The Hall–Kier alpha value is -2.61. The topological polar surface area (TPSA) is 194 Å². The number of aliphatic hydroxyl groups is 7. The largest absolute Gasteiger partial charge is 0.504 e. The zero-order valence-corrected chi connectivity index (χ0v) is 33.1. The van der Waals surface area contributed by atoms with Crippen LogP contribution in [0, 0.1) is 29.8 Å². The minimum atomic E-state index is -0.974. The van der Waals surface area contributed by atoms with Gasteiger partial charge in [-0.05, 0) is 101 Å². The van der Waals surface area contributed by atoms with Crippen LogP contribution >= 0.6 is 0 Å². The second-order valence-corrected chi connectivity index (χ2v) is 16.5. The molecule has 308 valence electrons. The van der Waals surface area contributed by atoms with E-state index < -0.39 is 12.2 Å². The number of hydrogen-bond donors (Lipinski definition) is 8. The molecular formula is C44H70N3O8+. The molecule has 10 N–H and O–H groups in total. The van der Waals surface area contributed by atoms with Crippen molar-refractivity contribution in [3.63, 3.8) is 0 Å². The molecule has 1 aromatic carbocycles. The molecule has 2 aliphatic heterocycles. The van der Waals surface area contributed by atoms with Crippen molar-refractivity contribution in [2.24, 2.45) is 28.5 Å². The van der Waals surface area contributed by atoms with Crippen molar-refractivity contribution < 1.29 is 40.1 Å². The molecule has 0 radical (unpaired) electrons. The molecule has 1 aromatic rings. The average molecular weight is 769 g/mol. The molecule has 0 amide bonds. The van der Waals surface area contributed by atoms with E-state index in [2.05, 4.69) is 11.4 Å². The second-order valence-electron chi connectivity index (χ2n) is 16.5. The Morgan fingerprint density at radius 1 is 1.02 bits per heavy atom. The number of unbranched alkanes of at least 4 members (excludes halogenated alkanes) is 3. The summed E-state index contributed by atoms with van der Waals surface area (Å²) >= 11 is 0. The van der Waals surface area contributed by atoms with Crippen LogP contribution in [0.25, 0.3) is 0 Å². The second kappa shape index (κ2) is 22.4. The number of allylic oxidation sites excluding steroid dienone is 1. The molecule has 4 aliphatic rings. The van der Waals surface area contributed by atoms with Gasteiger partial charge in [0.1, 0.15) is 30.4 Å². The van der Waals surface area contributed by atoms with E-state index in [1.807, 2.05) is 18.2 Å². The molecule has 11 nitrogen and oxygen atoms in total. The van der Waals surface area contributed by atoms with Gasteiger partial charge >= 0.3 is 0 Å². The Balaban J connectivity index is 1.12. The van der Waals surface area contributed by atoms with Crippen LogP contribution < -0.4 is 15.8 Å². The maximum absolute atomic E-state index is 11.4. The molecule has 2 fully saturated rings. The van der Waals surface area contributed by atoms with E-state index in [0.717, 1.165) is 100 Å². The summed E-state index contributed by atoms with van der Waals surface area (Å²) < 4.78 is 11.0. The number of benzene rings is 1. The molecule has 2 heterocycles. The highest BCUT2D eigenvalue weighted by molar-refractivity contribution is 6.03. The van der Waals surface area contributed by atoms with E-state index in [4.69, 9.17) is 25.3 Å². The van der Waals surface area contributed by atoms with E-state index in [9.17, 15) is 25.5 Å². The van der Waals surface area contributed by atoms with Gasteiger partial charge in [-0.15, -0.1) is 16.6 Å². The lowest BCUT2D eigenvalue weighted by molar-refractivity contribution is -0.0552. The molecular weight excluding hydrogens is 698 g/mol. The maximum Gasteiger partial charge on any atom is 0.208 e. The van der Waals surface area contributed by atoms with Gasteiger partial charge in [-0.3, -0.25) is 0 Å². The van der Waals surface area contributed by atoms with Crippen molar-refractivity contribution >= 4 is 5.71 Å². The Morgan fingerprint density at radius 3 is 2.58 bits per heavy atom. The van der Waals surface area contributed by atoms with Crippen molar-refractivity contribution in [2.75, 3.05) is 33.0 Å². The molecule has 2 aliphatic carbocycles. The van der Waals surface area contributed by atoms with Crippen LogP contribution in [-0.2, 0) is 6.42 Å². The number of ether oxygens (including phenoxy) is 2. The van der Waals surface area contributed by atoms with Crippen LogP contribution in [-0.4, -0.2) is 104 Å². The Labute approximate surface area is 329 Å². The highest BCUT2D eigenvalue weighted by Gasteiger charge is 2.52. The monoisotopic (exact) mass is 769 g/mol. The van der Waals surface area contributed by atoms with Gasteiger partial charge in [0.15, 0.2) is 17.6 Å². The fourth-order valence-electron chi connectivity index (χ4n) is 9.28. The summed E-state index contributed by atoms with van der Waals surface area (Å²) in [5, 5.41) is 64.4. The molecule has 11 heteroatoms. The predicted molar refractivity (Wildman–Crippen MR) is 216 cm³/mol. The van der Waals surface area contributed by atoms with Crippen LogP contribution in [0.4, 0.5) is 0 Å². The molecule has 5 rings (SSSR count). The van der Waals surface area contributed by atoms with Gasteiger partial charge in [0.25, 0.3) is 0 Å². The van der Waals surface area contributed by atoms with E-state index in [-0.39, 0.29) is 56.3 Å². The summed E-state index contributed by atoms with van der Waals surface area (Å²) in [7, 11) is 0. The first-order chi connectivity index (χ1) is 26.7. The fourth-order valence-corrected chi connectivity index (χ4v) is 9.28. The van der Waals surface area contributed by atoms with Crippen molar-refractivity contribution in [2.45, 2.75) is 146 Å². The van der Waals surface area contributed by atoms with Crippen LogP contribution in [0.15, 0.2) is 46.6 Å². The lowest BCUT2D eigenvalue weighted by atomic mass is 9.71. The average Bonchev–Trinajstić information content (AvgIpc) is 3.91. The highest BCUT2D eigenvalue weighted by atomic mass is 16.5. The van der Waals surface area contributed by atoms with Crippen LogP contribution in [0.1, 0.15) is 115 Å². The van der Waals surface area contributed by atoms with Gasteiger partial charge in [-0.1, -0.05) is 38.2 Å². The summed E-state index contributed by atoms with van der Waals surface area (Å²) in [5.74, 6) is 2.82. The first-order valence-electron chi connectivity index (χ1n) is 21.3. The van der Waals surface area contributed by atoms with Gasteiger partial charge in [0.05, 0.1) is 18.1 Å². The van der Waals surface area contributed by atoms with Crippen molar-refractivity contribution in [3.8, 4) is 11.5 Å². The quantitative estimate of drug-likeness (QED) is 0.0395. The molecule has 1 unspecified atom stereocenters. The van der Waals surface area contributed by atoms with Crippen LogP contribution in [0.2, 0.25) is 0 Å². The first kappa shape index (κ1) is 43.5. The van der Waals surface area contributed by atoms with E-state index >= 15 is 0 Å². The third kappa shape index (κ3) is 12.7. The summed E-state index contributed by atoms with van der Waals surface area (Å²) in [6.45, 7) is 2.55. The number of nitrogens with one attached hydrogen (secondary N) is 1. The number of fused-ring (bicyclic) bond motifs is 2. The number of aryl methyl sites for hydroxylation is 1. The minimum Gasteiger partial charge on any atom is -0.504 e. The van der Waals surface area contributed by atoms with Gasteiger partial charge in [0, 0.05) is 51.3 Å². The number of nitrogens with zero attached hydrogens (tertiary/aromatic N) is 1. The minimum absolute atomic E-state index is 0.00403. The number of rotatable bonds is 25. The predicted octanol–water partition coefficient (Wildman–Crippen LogP) is 4.72. The number of nitrogens with two attached hydrogens (primary N) is 1. The normalized spacial score (nSPS) is 24.5. The molecule has 2 saturated carbocycles. The Kier molecular flexibility index (Phi) is 17.7. The third-order valence-electron chi connectivity index (χ3n) is 12.2. The lowest BCUT2D eigenvalue weighted by Crippen LogP contribution is -2.46. The number of phenols is 1.